The summed E-state index contributed by atoms with van der Waals surface area (Å²) in [6, 6.07) is 8.53. The maximum Gasteiger partial charge on any atom is 0.234 e. The molecule has 98 valence electrons. The Morgan fingerprint density at radius 1 is 1.22 bits per heavy atom. The number of hydrogen-bond donors (Lipinski definition) is 2. The second kappa shape index (κ2) is 6.90. The second-order valence-electron chi connectivity index (χ2n) is 4.77. The Hall–Kier alpha value is -0.870. The smallest absolute Gasteiger partial charge is 0.234 e. The van der Waals surface area contributed by atoms with Crippen molar-refractivity contribution in [3.63, 3.8) is 0 Å². The van der Waals surface area contributed by atoms with E-state index in [2.05, 4.69) is 26.6 Å². The molecule has 0 atom stereocenters. The van der Waals surface area contributed by atoms with Gasteiger partial charge in [0.25, 0.3) is 0 Å². The van der Waals surface area contributed by atoms with Crippen LogP contribution < -0.4 is 10.6 Å². The van der Waals surface area contributed by atoms with Crippen molar-refractivity contribution in [3.05, 3.63) is 34.3 Å². The van der Waals surface area contributed by atoms with Crippen LogP contribution in [0.15, 0.2) is 28.7 Å². The minimum atomic E-state index is 0.0739. The van der Waals surface area contributed by atoms with Crippen LogP contribution in [0, 0.1) is 0 Å². The maximum absolute atomic E-state index is 11.7. The molecule has 0 aromatic heterocycles. The van der Waals surface area contributed by atoms with Crippen LogP contribution in [-0.2, 0) is 11.3 Å². The molecule has 1 aromatic carbocycles. The molecule has 0 saturated heterocycles. The molecule has 18 heavy (non-hydrogen) atoms. The van der Waals surface area contributed by atoms with E-state index >= 15 is 0 Å². The van der Waals surface area contributed by atoms with Gasteiger partial charge in [0.15, 0.2) is 0 Å². The molecule has 0 radical (unpaired) electrons. The molecular weight excluding hydrogens is 292 g/mol. The molecule has 2 rings (SSSR count). The normalized spacial score (nSPS) is 15.8. The van der Waals surface area contributed by atoms with E-state index in [1.807, 2.05) is 24.3 Å². The van der Waals surface area contributed by atoms with E-state index in [9.17, 15) is 4.79 Å². The van der Waals surface area contributed by atoms with Crippen molar-refractivity contribution in [3.8, 4) is 0 Å². The van der Waals surface area contributed by atoms with E-state index in [1.54, 1.807) is 0 Å². The summed E-state index contributed by atoms with van der Waals surface area (Å²) in [6.45, 7) is 1.03. The Bertz CT molecular complexity index is 385. The first-order chi connectivity index (χ1) is 8.74. The average molecular weight is 311 g/mol. The predicted octanol–water partition coefficient (Wildman–Crippen LogP) is 2.60. The van der Waals surface area contributed by atoms with Crippen LogP contribution in [0.25, 0.3) is 0 Å². The zero-order chi connectivity index (χ0) is 12.8. The van der Waals surface area contributed by atoms with Crippen molar-refractivity contribution in [2.24, 2.45) is 0 Å². The molecule has 3 nitrogen and oxygen atoms in total. The highest BCUT2D eigenvalue weighted by Crippen LogP contribution is 2.17. The summed E-state index contributed by atoms with van der Waals surface area (Å²) in [5.41, 5.74) is 1.12. The number of carbonyl (C=O) groups excluding carboxylic acids is 1. The summed E-state index contributed by atoms with van der Waals surface area (Å²) in [6.07, 6.45) is 5.00. The molecule has 2 N–H and O–H groups in total. The van der Waals surface area contributed by atoms with Crippen LogP contribution in [0.4, 0.5) is 0 Å². The second-order valence-corrected chi connectivity index (χ2v) is 5.68. The molecule has 1 saturated carbocycles. The molecule has 1 amide bonds. The van der Waals surface area contributed by atoms with Crippen molar-refractivity contribution in [2.75, 3.05) is 6.54 Å². The van der Waals surface area contributed by atoms with Gasteiger partial charge in [-0.1, -0.05) is 40.9 Å². The highest BCUT2D eigenvalue weighted by Gasteiger charge is 2.14. The minimum Gasteiger partial charge on any atom is -0.351 e. The molecule has 0 heterocycles. The topological polar surface area (TPSA) is 41.1 Å². The third-order valence-corrected chi connectivity index (χ3v) is 3.84. The number of nitrogens with one attached hydrogen (secondary N) is 2. The molecule has 1 aromatic rings. The van der Waals surface area contributed by atoms with Crippen molar-refractivity contribution in [1.82, 2.24) is 10.6 Å². The van der Waals surface area contributed by atoms with Crippen molar-refractivity contribution < 1.29 is 4.79 Å². The highest BCUT2D eigenvalue weighted by molar-refractivity contribution is 9.10. The van der Waals surface area contributed by atoms with E-state index < -0.39 is 0 Å². The van der Waals surface area contributed by atoms with Gasteiger partial charge in [0.1, 0.15) is 0 Å². The molecule has 0 unspecified atom stereocenters. The van der Waals surface area contributed by atoms with E-state index in [0.29, 0.717) is 19.1 Å². The number of hydrogen-bond acceptors (Lipinski definition) is 2. The third kappa shape index (κ3) is 4.42. The average Bonchev–Trinajstić information content (AvgIpc) is 2.89. The fraction of sp³-hybridized carbons (Fsp3) is 0.500. The summed E-state index contributed by atoms with van der Waals surface area (Å²) < 4.78 is 1.06. The van der Waals surface area contributed by atoms with E-state index in [4.69, 9.17) is 0 Å². The molecule has 1 aliphatic carbocycles. The lowest BCUT2D eigenvalue weighted by molar-refractivity contribution is -0.120. The van der Waals surface area contributed by atoms with Crippen molar-refractivity contribution >= 4 is 21.8 Å². The molecule has 0 aliphatic heterocycles. The van der Waals surface area contributed by atoms with Crippen LogP contribution in [0.5, 0.6) is 0 Å². The van der Waals surface area contributed by atoms with Gasteiger partial charge in [-0.25, -0.2) is 0 Å². The van der Waals surface area contributed by atoms with Gasteiger partial charge < -0.3 is 10.6 Å². The largest absolute Gasteiger partial charge is 0.351 e. The van der Waals surface area contributed by atoms with Gasteiger partial charge in [0, 0.05) is 17.1 Å². The lowest BCUT2D eigenvalue weighted by Gasteiger charge is -2.11. The Morgan fingerprint density at radius 3 is 2.56 bits per heavy atom. The molecular formula is C14H19BrN2O. The van der Waals surface area contributed by atoms with Gasteiger partial charge in [-0.2, -0.15) is 0 Å². The molecule has 0 spiro atoms. The number of benzene rings is 1. The monoisotopic (exact) mass is 310 g/mol. The van der Waals surface area contributed by atoms with E-state index in [0.717, 1.165) is 10.0 Å². The number of rotatable bonds is 5. The van der Waals surface area contributed by atoms with Crippen molar-refractivity contribution in [1.29, 1.82) is 0 Å². The lowest BCUT2D eigenvalue weighted by atomic mass is 10.2. The van der Waals surface area contributed by atoms with Gasteiger partial charge in [-0.15, -0.1) is 0 Å². The fourth-order valence-electron chi connectivity index (χ4n) is 2.23. The summed E-state index contributed by atoms with van der Waals surface area (Å²) in [5.74, 6) is 0.0739. The van der Waals surface area contributed by atoms with Gasteiger partial charge in [0.05, 0.1) is 6.54 Å². The third-order valence-electron chi connectivity index (χ3n) is 3.31. The molecule has 4 heteroatoms. The van der Waals surface area contributed by atoms with Crippen molar-refractivity contribution in [2.45, 2.75) is 38.3 Å². The first-order valence-corrected chi connectivity index (χ1v) is 7.28. The van der Waals surface area contributed by atoms with Crippen LogP contribution in [0.1, 0.15) is 31.2 Å². The van der Waals surface area contributed by atoms with Crippen LogP contribution in [0.3, 0.4) is 0 Å². The maximum atomic E-state index is 11.7. The first-order valence-electron chi connectivity index (χ1n) is 6.48. The van der Waals surface area contributed by atoms with Crippen LogP contribution >= 0.6 is 15.9 Å². The Kier molecular flexibility index (Phi) is 5.20. The first kappa shape index (κ1) is 13.6. The predicted molar refractivity (Wildman–Crippen MR) is 76.2 cm³/mol. The lowest BCUT2D eigenvalue weighted by Crippen LogP contribution is -2.37. The minimum absolute atomic E-state index is 0.0739. The van der Waals surface area contributed by atoms with E-state index in [-0.39, 0.29) is 5.91 Å². The summed E-state index contributed by atoms with van der Waals surface area (Å²) in [5, 5.41) is 6.23. The summed E-state index contributed by atoms with van der Waals surface area (Å²) in [4.78, 5) is 11.7. The molecule has 0 bridgehead atoms. The van der Waals surface area contributed by atoms with Crippen LogP contribution in [0.2, 0.25) is 0 Å². The zero-order valence-electron chi connectivity index (χ0n) is 10.4. The quantitative estimate of drug-likeness (QED) is 0.877. The highest BCUT2D eigenvalue weighted by atomic mass is 79.9. The van der Waals surface area contributed by atoms with Gasteiger partial charge >= 0.3 is 0 Å². The number of amides is 1. The molecule has 1 fully saturated rings. The van der Waals surface area contributed by atoms with Crippen LogP contribution in [-0.4, -0.2) is 18.5 Å². The van der Waals surface area contributed by atoms with Gasteiger partial charge in [0.2, 0.25) is 5.91 Å². The molecule has 1 aliphatic rings. The van der Waals surface area contributed by atoms with E-state index in [1.165, 1.54) is 25.7 Å². The van der Waals surface area contributed by atoms with Gasteiger partial charge in [-0.3, -0.25) is 4.79 Å². The summed E-state index contributed by atoms with van der Waals surface area (Å²) in [7, 11) is 0. The Morgan fingerprint density at radius 2 is 1.89 bits per heavy atom. The number of halogens is 1. The SMILES string of the molecule is O=C(CNC1CCCC1)NCc1ccc(Br)cc1. The zero-order valence-corrected chi connectivity index (χ0v) is 12.0. The number of carbonyl (C=O) groups is 1. The summed E-state index contributed by atoms with van der Waals surface area (Å²) >= 11 is 3.39. The van der Waals surface area contributed by atoms with Gasteiger partial charge in [-0.05, 0) is 30.5 Å². The Labute approximate surface area is 116 Å². The fourth-order valence-corrected chi connectivity index (χ4v) is 2.50. The Balaban J connectivity index is 1.66. The standard InChI is InChI=1S/C14H19BrN2O/c15-12-7-5-11(6-8-12)9-17-14(18)10-16-13-3-1-2-4-13/h5-8,13,16H,1-4,9-10H2,(H,17,18).